The molecule has 22 heavy (non-hydrogen) atoms. The van der Waals surface area contributed by atoms with E-state index in [0.29, 0.717) is 0 Å². The van der Waals surface area contributed by atoms with Crippen LogP contribution in [0.2, 0.25) is 0 Å². The molecule has 0 saturated carbocycles. The van der Waals surface area contributed by atoms with Gasteiger partial charge in [-0.05, 0) is 61.3 Å². The first-order chi connectivity index (χ1) is 10.7. The van der Waals surface area contributed by atoms with E-state index < -0.39 is 0 Å². The lowest BCUT2D eigenvalue weighted by Gasteiger charge is -2.28. The molecule has 1 saturated heterocycles. The highest BCUT2D eigenvalue weighted by Crippen LogP contribution is 2.29. The van der Waals surface area contributed by atoms with Crippen molar-refractivity contribution in [2.45, 2.75) is 25.0 Å². The van der Waals surface area contributed by atoms with Crippen molar-refractivity contribution in [3.05, 3.63) is 71.3 Å². The van der Waals surface area contributed by atoms with Crippen LogP contribution in [-0.4, -0.2) is 19.2 Å². The van der Waals surface area contributed by atoms with Gasteiger partial charge in [-0.2, -0.15) is 0 Å². The van der Waals surface area contributed by atoms with Gasteiger partial charge in [-0.25, -0.2) is 8.78 Å². The van der Waals surface area contributed by atoms with Gasteiger partial charge in [0.1, 0.15) is 17.7 Å². The van der Waals surface area contributed by atoms with E-state index in [4.69, 9.17) is 4.74 Å². The molecular formula is C18H19F2NO. The predicted octanol–water partition coefficient (Wildman–Crippen LogP) is 3.82. The second-order valence-electron chi connectivity index (χ2n) is 5.57. The van der Waals surface area contributed by atoms with Gasteiger partial charge in [-0.1, -0.05) is 24.3 Å². The Balaban J connectivity index is 1.86. The van der Waals surface area contributed by atoms with Crippen LogP contribution in [0.5, 0.6) is 0 Å². The van der Waals surface area contributed by atoms with Crippen molar-refractivity contribution in [2.75, 3.05) is 13.1 Å². The van der Waals surface area contributed by atoms with Gasteiger partial charge in [0, 0.05) is 0 Å². The monoisotopic (exact) mass is 303 g/mol. The summed E-state index contributed by atoms with van der Waals surface area (Å²) in [6.07, 6.45) is 1.74. The molecule has 1 heterocycles. The molecule has 2 nitrogen and oxygen atoms in total. The predicted molar refractivity (Wildman–Crippen MR) is 81.6 cm³/mol. The largest absolute Gasteiger partial charge is 0.365 e. The van der Waals surface area contributed by atoms with Crippen LogP contribution in [0, 0.1) is 11.6 Å². The average molecular weight is 303 g/mol. The summed E-state index contributed by atoms with van der Waals surface area (Å²) in [6.45, 7) is 1.87. The summed E-state index contributed by atoms with van der Waals surface area (Å²) in [7, 11) is 0. The van der Waals surface area contributed by atoms with E-state index in [9.17, 15) is 8.78 Å². The number of benzene rings is 2. The Kier molecular flexibility index (Phi) is 4.80. The zero-order valence-electron chi connectivity index (χ0n) is 12.3. The number of hydrogen-bond donors (Lipinski definition) is 1. The van der Waals surface area contributed by atoms with E-state index in [1.165, 1.54) is 24.3 Å². The molecule has 0 bridgehead atoms. The number of ether oxygens (including phenoxy) is 1. The maximum Gasteiger partial charge on any atom is 0.123 e. The Labute approximate surface area is 129 Å². The fraction of sp³-hybridized carbons (Fsp3) is 0.333. The molecule has 4 heteroatoms. The van der Waals surface area contributed by atoms with Crippen LogP contribution in [0.15, 0.2) is 48.5 Å². The van der Waals surface area contributed by atoms with E-state index in [0.717, 1.165) is 37.1 Å². The number of halogens is 2. The van der Waals surface area contributed by atoms with Crippen LogP contribution in [0.4, 0.5) is 8.78 Å². The molecule has 2 aromatic rings. The average Bonchev–Trinajstić information content (AvgIpc) is 2.56. The molecule has 1 aliphatic heterocycles. The van der Waals surface area contributed by atoms with E-state index in [2.05, 4.69) is 5.32 Å². The summed E-state index contributed by atoms with van der Waals surface area (Å²) in [5, 5.41) is 3.30. The van der Waals surface area contributed by atoms with Crippen LogP contribution in [0.1, 0.15) is 30.1 Å². The van der Waals surface area contributed by atoms with Gasteiger partial charge in [-0.3, -0.25) is 0 Å². The molecule has 0 aromatic heterocycles. The standard InChI is InChI=1S/C18H19F2NO/c19-15-5-1-13(2-6-15)18(14-3-7-16(20)8-4-14)22-17-9-11-21-12-10-17/h1-8,17-18,21H,9-12H2. The SMILES string of the molecule is Fc1ccc(C(OC2CCNCC2)c2ccc(F)cc2)cc1. The fourth-order valence-corrected chi connectivity index (χ4v) is 2.75. The third-order valence-corrected chi connectivity index (χ3v) is 3.96. The van der Waals surface area contributed by atoms with Gasteiger partial charge in [0.2, 0.25) is 0 Å². The van der Waals surface area contributed by atoms with Gasteiger partial charge in [0.25, 0.3) is 0 Å². The molecule has 0 atom stereocenters. The Morgan fingerprint density at radius 3 is 1.73 bits per heavy atom. The van der Waals surface area contributed by atoms with Gasteiger partial charge in [-0.15, -0.1) is 0 Å². The van der Waals surface area contributed by atoms with Crippen molar-refractivity contribution in [1.29, 1.82) is 0 Å². The van der Waals surface area contributed by atoms with Crippen LogP contribution in [-0.2, 0) is 4.74 Å². The first-order valence-corrected chi connectivity index (χ1v) is 7.59. The highest BCUT2D eigenvalue weighted by molar-refractivity contribution is 5.30. The topological polar surface area (TPSA) is 21.3 Å². The minimum atomic E-state index is -0.302. The Morgan fingerprint density at radius 1 is 0.818 bits per heavy atom. The molecule has 3 rings (SSSR count). The lowest BCUT2D eigenvalue weighted by Crippen LogP contribution is -2.33. The molecule has 116 valence electrons. The van der Waals surface area contributed by atoms with Crippen molar-refractivity contribution in [3.8, 4) is 0 Å². The second kappa shape index (κ2) is 6.99. The molecule has 1 fully saturated rings. The number of hydrogen-bond acceptors (Lipinski definition) is 2. The summed E-state index contributed by atoms with van der Waals surface area (Å²) in [5.41, 5.74) is 1.76. The van der Waals surface area contributed by atoms with Crippen molar-refractivity contribution < 1.29 is 13.5 Å². The summed E-state index contributed by atoms with van der Waals surface area (Å²) in [6, 6.07) is 12.6. The Morgan fingerprint density at radius 2 is 1.27 bits per heavy atom. The van der Waals surface area contributed by atoms with E-state index >= 15 is 0 Å². The van der Waals surface area contributed by atoms with Crippen LogP contribution in [0.3, 0.4) is 0 Å². The zero-order chi connectivity index (χ0) is 15.4. The smallest absolute Gasteiger partial charge is 0.123 e. The molecule has 1 aliphatic rings. The fourth-order valence-electron chi connectivity index (χ4n) is 2.75. The number of rotatable bonds is 4. The highest BCUT2D eigenvalue weighted by Gasteiger charge is 2.22. The lowest BCUT2D eigenvalue weighted by molar-refractivity contribution is -0.00809. The normalized spacial score (nSPS) is 16.1. The quantitative estimate of drug-likeness (QED) is 0.927. The van der Waals surface area contributed by atoms with Gasteiger partial charge in [0.05, 0.1) is 6.10 Å². The lowest BCUT2D eigenvalue weighted by atomic mass is 10.00. The Bertz CT molecular complexity index is 546. The molecule has 0 amide bonds. The number of nitrogens with one attached hydrogen (secondary N) is 1. The van der Waals surface area contributed by atoms with E-state index in [-0.39, 0.29) is 23.8 Å². The first-order valence-electron chi connectivity index (χ1n) is 7.59. The molecule has 0 spiro atoms. The van der Waals surface area contributed by atoms with Crippen LogP contribution in [0.25, 0.3) is 0 Å². The van der Waals surface area contributed by atoms with E-state index in [1.54, 1.807) is 24.3 Å². The summed E-state index contributed by atoms with van der Waals surface area (Å²) in [5.74, 6) is -0.549. The van der Waals surface area contributed by atoms with Crippen molar-refractivity contribution in [3.63, 3.8) is 0 Å². The summed E-state index contributed by atoms with van der Waals surface area (Å²) in [4.78, 5) is 0. The van der Waals surface area contributed by atoms with Crippen molar-refractivity contribution in [1.82, 2.24) is 5.32 Å². The summed E-state index contributed by atoms with van der Waals surface area (Å²) < 4.78 is 32.6. The molecule has 0 unspecified atom stereocenters. The second-order valence-corrected chi connectivity index (χ2v) is 5.57. The minimum absolute atomic E-state index is 0.154. The maximum absolute atomic E-state index is 13.2. The molecule has 1 N–H and O–H groups in total. The van der Waals surface area contributed by atoms with Crippen molar-refractivity contribution >= 4 is 0 Å². The van der Waals surface area contributed by atoms with Crippen LogP contribution >= 0.6 is 0 Å². The van der Waals surface area contributed by atoms with Crippen LogP contribution < -0.4 is 5.32 Å². The molecule has 0 radical (unpaired) electrons. The zero-order valence-corrected chi connectivity index (χ0v) is 12.3. The Hall–Kier alpha value is -1.78. The van der Waals surface area contributed by atoms with Gasteiger partial charge in [0.15, 0.2) is 0 Å². The number of piperidine rings is 1. The molecule has 2 aromatic carbocycles. The maximum atomic E-state index is 13.2. The molecular weight excluding hydrogens is 284 g/mol. The minimum Gasteiger partial charge on any atom is -0.365 e. The van der Waals surface area contributed by atoms with Crippen molar-refractivity contribution in [2.24, 2.45) is 0 Å². The van der Waals surface area contributed by atoms with Gasteiger partial charge >= 0.3 is 0 Å². The first kappa shape index (κ1) is 15.1. The third kappa shape index (κ3) is 3.70. The van der Waals surface area contributed by atoms with E-state index in [1.807, 2.05) is 0 Å². The highest BCUT2D eigenvalue weighted by atomic mass is 19.1. The summed E-state index contributed by atoms with van der Waals surface area (Å²) >= 11 is 0. The molecule has 0 aliphatic carbocycles. The van der Waals surface area contributed by atoms with Gasteiger partial charge < -0.3 is 10.1 Å². The third-order valence-electron chi connectivity index (χ3n) is 3.96.